The number of fused-ring (bicyclic) bond motifs is 1. The van der Waals surface area contributed by atoms with Crippen molar-refractivity contribution in [2.75, 3.05) is 6.54 Å². The summed E-state index contributed by atoms with van der Waals surface area (Å²) in [4.78, 5) is 19.6. The first-order valence-electron chi connectivity index (χ1n) is 12.2. The minimum absolute atomic E-state index is 0.193. The van der Waals surface area contributed by atoms with Gasteiger partial charge in [-0.2, -0.15) is 0 Å². The van der Waals surface area contributed by atoms with E-state index in [1.54, 1.807) is 0 Å². The van der Waals surface area contributed by atoms with Gasteiger partial charge < -0.3 is 18.9 Å². The fraction of sp³-hybridized carbons (Fsp3) is 0.481. The number of aryl methyl sites for hydroxylation is 1. The van der Waals surface area contributed by atoms with Gasteiger partial charge >= 0.3 is 6.09 Å². The highest BCUT2D eigenvalue weighted by molar-refractivity contribution is 14.1. The van der Waals surface area contributed by atoms with Crippen LogP contribution in [0, 0.1) is 3.57 Å². The van der Waals surface area contributed by atoms with Crippen molar-refractivity contribution in [3.8, 4) is 5.75 Å². The number of amides is 1. The first kappa shape index (κ1) is 26.1. The van der Waals surface area contributed by atoms with Gasteiger partial charge in [0.1, 0.15) is 23.8 Å². The van der Waals surface area contributed by atoms with E-state index < -0.39 is 5.60 Å². The lowest BCUT2D eigenvalue weighted by Gasteiger charge is -2.37. The number of aromatic nitrogens is 2. The van der Waals surface area contributed by atoms with Gasteiger partial charge in [-0.25, -0.2) is 9.78 Å². The normalized spacial score (nSPS) is 16.5. The van der Waals surface area contributed by atoms with Crippen LogP contribution in [0.4, 0.5) is 4.79 Å². The molecule has 2 aromatic carbocycles. The number of nitrogens with zero attached hydrogens (tertiary/aromatic N) is 3. The number of likely N-dealkylation sites (tertiary alicyclic amines) is 1. The molecule has 1 unspecified atom stereocenters. The van der Waals surface area contributed by atoms with Crippen LogP contribution in [-0.4, -0.2) is 38.7 Å². The smallest absolute Gasteiger partial charge is 0.410 e. The zero-order valence-electron chi connectivity index (χ0n) is 20.6. The quantitative estimate of drug-likeness (QED) is 0.261. The van der Waals surface area contributed by atoms with Crippen LogP contribution in [-0.2, 0) is 17.9 Å². The number of carbonyl (C=O) groups is 1. The number of hydrogen-bond donors (Lipinski definition) is 0. The molecule has 1 aliphatic rings. The highest BCUT2D eigenvalue weighted by atomic mass is 127. The Morgan fingerprint density at radius 2 is 1.94 bits per heavy atom. The maximum atomic E-state index is 12.8. The first-order chi connectivity index (χ1) is 16.7. The minimum Gasteiger partial charge on any atom is -0.486 e. The van der Waals surface area contributed by atoms with E-state index in [4.69, 9.17) is 26.1 Å². The molecule has 0 spiro atoms. The van der Waals surface area contributed by atoms with Crippen molar-refractivity contribution in [1.82, 2.24) is 14.5 Å². The maximum absolute atomic E-state index is 12.8. The number of ether oxygens (including phenoxy) is 2. The number of halogens is 2. The van der Waals surface area contributed by atoms with Crippen molar-refractivity contribution >= 4 is 51.3 Å². The molecule has 1 saturated heterocycles. The third kappa shape index (κ3) is 7.03. The number of rotatable bonds is 7. The van der Waals surface area contributed by atoms with E-state index in [1.807, 2.05) is 49.9 Å². The number of hydrogen-bond acceptors (Lipinski definition) is 4. The SMILES string of the molecule is CC(C)(C)OC(=O)N1CCCCC1CCCn1c(COc2ccc(Cl)cc2)nc2cc(I)ccc21. The highest BCUT2D eigenvalue weighted by Gasteiger charge is 2.30. The van der Waals surface area contributed by atoms with Crippen LogP contribution in [0.15, 0.2) is 42.5 Å². The van der Waals surface area contributed by atoms with Crippen LogP contribution in [0.1, 0.15) is 58.7 Å². The van der Waals surface area contributed by atoms with Gasteiger partial charge in [-0.05, 0) is 118 Å². The predicted molar refractivity (Wildman–Crippen MR) is 148 cm³/mol. The van der Waals surface area contributed by atoms with Crippen molar-refractivity contribution < 1.29 is 14.3 Å². The highest BCUT2D eigenvalue weighted by Crippen LogP contribution is 2.26. The predicted octanol–water partition coefficient (Wildman–Crippen LogP) is 7.44. The molecule has 35 heavy (non-hydrogen) atoms. The molecule has 1 aromatic heterocycles. The minimum atomic E-state index is -0.481. The molecule has 6 nitrogen and oxygen atoms in total. The van der Waals surface area contributed by atoms with Gasteiger partial charge in [0.2, 0.25) is 0 Å². The van der Waals surface area contributed by atoms with E-state index in [0.29, 0.717) is 11.6 Å². The second-order valence-corrected chi connectivity index (χ2v) is 11.7. The van der Waals surface area contributed by atoms with Crippen molar-refractivity contribution in [2.24, 2.45) is 0 Å². The molecule has 3 aromatic rings. The summed E-state index contributed by atoms with van der Waals surface area (Å²) in [5.41, 5.74) is 1.60. The van der Waals surface area contributed by atoms with Gasteiger partial charge in [0.15, 0.2) is 0 Å². The molecule has 1 amide bonds. The largest absolute Gasteiger partial charge is 0.486 e. The van der Waals surface area contributed by atoms with Gasteiger partial charge in [0, 0.05) is 27.7 Å². The van der Waals surface area contributed by atoms with E-state index >= 15 is 0 Å². The zero-order valence-corrected chi connectivity index (χ0v) is 23.5. The maximum Gasteiger partial charge on any atom is 0.410 e. The molecular weight excluding hydrogens is 577 g/mol. The van der Waals surface area contributed by atoms with Gasteiger partial charge in [-0.3, -0.25) is 0 Å². The lowest BCUT2D eigenvalue weighted by molar-refractivity contribution is 0.00852. The molecule has 0 aliphatic carbocycles. The summed E-state index contributed by atoms with van der Waals surface area (Å²) in [7, 11) is 0. The van der Waals surface area contributed by atoms with Crippen LogP contribution in [0.3, 0.4) is 0 Å². The number of benzene rings is 2. The first-order valence-corrected chi connectivity index (χ1v) is 13.7. The summed E-state index contributed by atoms with van der Waals surface area (Å²) in [6.45, 7) is 7.72. The molecule has 1 atom stereocenters. The molecule has 1 fully saturated rings. The third-order valence-electron chi connectivity index (χ3n) is 6.15. The van der Waals surface area contributed by atoms with Crippen LogP contribution in [0.2, 0.25) is 5.02 Å². The van der Waals surface area contributed by atoms with Crippen molar-refractivity contribution in [3.05, 3.63) is 56.9 Å². The summed E-state index contributed by atoms with van der Waals surface area (Å²) in [6.07, 6.45) is 4.88. The zero-order chi connectivity index (χ0) is 25.0. The molecule has 188 valence electrons. The van der Waals surface area contributed by atoms with Crippen LogP contribution in [0.5, 0.6) is 5.75 Å². The van der Waals surface area contributed by atoms with Crippen LogP contribution < -0.4 is 4.74 Å². The molecule has 0 saturated carbocycles. The lowest BCUT2D eigenvalue weighted by Crippen LogP contribution is -2.46. The van der Waals surface area contributed by atoms with Gasteiger partial charge in [0.05, 0.1) is 11.0 Å². The molecule has 0 radical (unpaired) electrons. The monoisotopic (exact) mass is 609 g/mol. The summed E-state index contributed by atoms with van der Waals surface area (Å²) in [6, 6.07) is 13.9. The molecule has 1 aliphatic heterocycles. The fourth-order valence-electron chi connectivity index (χ4n) is 4.54. The second-order valence-electron chi connectivity index (χ2n) is 10.0. The molecule has 0 N–H and O–H groups in total. The van der Waals surface area contributed by atoms with E-state index in [9.17, 15) is 4.79 Å². The van der Waals surface area contributed by atoms with E-state index in [-0.39, 0.29) is 12.1 Å². The fourth-order valence-corrected chi connectivity index (χ4v) is 5.14. The molecule has 2 heterocycles. The Hall–Kier alpha value is -2.00. The van der Waals surface area contributed by atoms with Crippen molar-refractivity contribution in [1.29, 1.82) is 0 Å². The Morgan fingerprint density at radius 3 is 2.69 bits per heavy atom. The average Bonchev–Trinajstić information content (AvgIpc) is 3.14. The summed E-state index contributed by atoms with van der Waals surface area (Å²) in [5.74, 6) is 1.65. The van der Waals surface area contributed by atoms with E-state index in [0.717, 1.165) is 71.4 Å². The summed E-state index contributed by atoms with van der Waals surface area (Å²) < 4.78 is 15.1. The lowest BCUT2D eigenvalue weighted by atomic mass is 9.98. The standard InChI is InChI=1S/C27H33ClIN3O3/c1-27(2,3)35-26(33)31-15-5-4-7-21(31)8-6-16-32-24-14-11-20(29)17-23(24)30-25(32)18-34-22-12-9-19(28)10-13-22/h9-14,17,21H,4-8,15-16,18H2,1-3H3. The third-order valence-corrected chi connectivity index (χ3v) is 7.07. The number of imidazole rings is 1. The van der Waals surface area contributed by atoms with E-state index in [2.05, 4.69) is 45.4 Å². The molecular formula is C27H33ClIN3O3. The molecule has 8 heteroatoms. The van der Waals surface area contributed by atoms with Gasteiger partial charge in [-0.1, -0.05) is 11.6 Å². The second kappa shape index (κ2) is 11.4. The van der Waals surface area contributed by atoms with Gasteiger partial charge in [0.25, 0.3) is 0 Å². The topological polar surface area (TPSA) is 56.6 Å². The van der Waals surface area contributed by atoms with Crippen molar-refractivity contribution in [3.63, 3.8) is 0 Å². The Kier molecular flexibility index (Phi) is 8.47. The Labute approximate surface area is 226 Å². The van der Waals surface area contributed by atoms with Crippen LogP contribution >= 0.6 is 34.2 Å². The van der Waals surface area contributed by atoms with Crippen molar-refractivity contribution in [2.45, 2.75) is 77.7 Å². The number of carbonyl (C=O) groups excluding carboxylic acids is 1. The number of piperidine rings is 1. The Bertz CT molecular complexity index is 1160. The van der Waals surface area contributed by atoms with Gasteiger partial charge in [-0.15, -0.1) is 0 Å². The molecule has 0 bridgehead atoms. The summed E-state index contributed by atoms with van der Waals surface area (Å²) in [5, 5.41) is 0.683. The average molecular weight is 610 g/mol. The van der Waals surface area contributed by atoms with E-state index in [1.165, 1.54) is 0 Å². The molecule has 4 rings (SSSR count). The van der Waals surface area contributed by atoms with Crippen LogP contribution in [0.25, 0.3) is 11.0 Å². The Balaban J connectivity index is 1.46. The Morgan fingerprint density at radius 1 is 1.17 bits per heavy atom. The summed E-state index contributed by atoms with van der Waals surface area (Å²) >= 11 is 8.32.